The van der Waals surface area contributed by atoms with Gasteiger partial charge in [-0.2, -0.15) is 13.2 Å². The van der Waals surface area contributed by atoms with E-state index < -0.39 is 11.7 Å². The first-order valence-electron chi connectivity index (χ1n) is 6.06. The van der Waals surface area contributed by atoms with Gasteiger partial charge in [-0.1, -0.05) is 23.8 Å². The minimum Gasteiger partial charge on any atom is -0.324 e. The van der Waals surface area contributed by atoms with Crippen molar-refractivity contribution in [2.45, 2.75) is 37.9 Å². The molecule has 1 nitrogen and oxygen atoms in total. The molecule has 1 atom stereocenters. The van der Waals surface area contributed by atoms with Crippen LogP contribution in [-0.2, 0) is 12.6 Å². The highest BCUT2D eigenvalue weighted by molar-refractivity contribution is 5.28. The quantitative estimate of drug-likeness (QED) is 0.801. The van der Waals surface area contributed by atoms with Gasteiger partial charge < -0.3 is 5.73 Å². The van der Waals surface area contributed by atoms with Gasteiger partial charge in [-0.3, -0.25) is 0 Å². The summed E-state index contributed by atoms with van der Waals surface area (Å²) >= 11 is 0. The van der Waals surface area contributed by atoms with E-state index in [1.54, 1.807) is 12.1 Å². The van der Waals surface area contributed by atoms with Crippen molar-refractivity contribution >= 4 is 0 Å². The SMILES string of the molecule is NC1C=C(Cc2ccc(C(F)(F)F)cc2)CCC1. The fraction of sp³-hybridized carbons (Fsp3) is 0.429. The highest BCUT2D eigenvalue weighted by Crippen LogP contribution is 2.29. The topological polar surface area (TPSA) is 26.0 Å². The summed E-state index contributed by atoms with van der Waals surface area (Å²) in [5, 5.41) is 0. The van der Waals surface area contributed by atoms with Crippen molar-refractivity contribution in [2.24, 2.45) is 5.73 Å². The van der Waals surface area contributed by atoms with Crippen LogP contribution in [0.25, 0.3) is 0 Å². The zero-order chi connectivity index (χ0) is 13.2. The van der Waals surface area contributed by atoms with E-state index in [4.69, 9.17) is 5.73 Å². The fourth-order valence-corrected chi connectivity index (χ4v) is 2.26. The molecule has 0 fully saturated rings. The summed E-state index contributed by atoms with van der Waals surface area (Å²) in [6.45, 7) is 0. The van der Waals surface area contributed by atoms with E-state index in [0.29, 0.717) is 6.42 Å². The Labute approximate surface area is 104 Å². The van der Waals surface area contributed by atoms with Crippen LogP contribution in [0.5, 0.6) is 0 Å². The Bertz CT molecular complexity index is 431. The summed E-state index contributed by atoms with van der Waals surface area (Å²) in [5.41, 5.74) is 7.37. The fourth-order valence-electron chi connectivity index (χ4n) is 2.26. The number of nitrogens with two attached hydrogens (primary N) is 1. The third-order valence-electron chi connectivity index (χ3n) is 3.20. The second-order valence-electron chi connectivity index (χ2n) is 4.75. The van der Waals surface area contributed by atoms with Crippen molar-refractivity contribution < 1.29 is 13.2 Å². The van der Waals surface area contributed by atoms with Crippen molar-refractivity contribution in [3.8, 4) is 0 Å². The van der Waals surface area contributed by atoms with Crippen LogP contribution in [0, 0.1) is 0 Å². The number of hydrogen-bond acceptors (Lipinski definition) is 1. The molecule has 4 heteroatoms. The summed E-state index contributed by atoms with van der Waals surface area (Å²) in [6.07, 6.45) is 1.54. The predicted octanol–water partition coefficient (Wildman–Crippen LogP) is 3.69. The Kier molecular flexibility index (Phi) is 3.76. The highest BCUT2D eigenvalue weighted by Gasteiger charge is 2.29. The van der Waals surface area contributed by atoms with Gasteiger partial charge in [0.15, 0.2) is 0 Å². The highest BCUT2D eigenvalue weighted by atomic mass is 19.4. The van der Waals surface area contributed by atoms with E-state index in [1.165, 1.54) is 5.57 Å². The first-order valence-corrected chi connectivity index (χ1v) is 6.06. The molecule has 1 aliphatic carbocycles. The molecule has 1 aliphatic rings. The van der Waals surface area contributed by atoms with Crippen LogP contribution >= 0.6 is 0 Å². The summed E-state index contributed by atoms with van der Waals surface area (Å²) in [7, 11) is 0. The lowest BCUT2D eigenvalue weighted by molar-refractivity contribution is -0.137. The van der Waals surface area contributed by atoms with Crippen LogP contribution in [0.15, 0.2) is 35.9 Å². The Hall–Kier alpha value is -1.29. The van der Waals surface area contributed by atoms with Crippen molar-refractivity contribution in [3.63, 3.8) is 0 Å². The molecule has 1 aromatic carbocycles. The smallest absolute Gasteiger partial charge is 0.324 e. The summed E-state index contributed by atoms with van der Waals surface area (Å²) in [5.74, 6) is 0. The van der Waals surface area contributed by atoms with E-state index >= 15 is 0 Å². The van der Waals surface area contributed by atoms with Crippen molar-refractivity contribution in [1.29, 1.82) is 0 Å². The number of halogens is 3. The molecule has 98 valence electrons. The van der Waals surface area contributed by atoms with Gasteiger partial charge in [0.2, 0.25) is 0 Å². The third-order valence-corrected chi connectivity index (χ3v) is 3.20. The number of hydrogen-bond donors (Lipinski definition) is 1. The van der Waals surface area contributed by atoms with Crippen molar-refractivity contribution in [1.82, 2.24) is 0 Å². The van der Waals surface area contributed by atoms with Crippen LogP contribution < -0.4 is 5.73 Å². The molecule has 0 saturated heterocycles. The van der Waals surface area contributed by atoms with Crippen LogP contribution in [-0.4, -0.2) is 6.04 Å². The van der Waals surface area contributed by atoms with Crippen LogP contribution in [0.3, 0.4) is 0 Å². The van der Waals surface area contributed by atoms with E-state index in [0.717, 1.165) is 37.0 Å². The molecule has 1 unspecified atom stereocenters. The average molecular weight is 255 g/mol. The maximum absolute atomic E-state index is 12.4. The summed E-state index contributed by atoms with van der Waals surface area (Å²) < 4.78 is 37.2. The molecule has 0 aliphatic heterocycles. The predicted molar refractivity (Wildman–Crippen MR) is 65.1 cm³/mol. The molecule has 2 rings (SSSR count). The van der Waals surface area contributed by atoms with Crippen molar-refractivity contribution in [3.05, 3.63) is 47.0 Å². The van der Waals surface area contributed by atoms with Gasteiger partial charge in [-0.25, -0.2) is 0 Å². The van der Waals surface area contributed by atoms with Gasteiger partial charge in [0.05, 0.1) is 5.56 Å². The molecule has 18 heavy (non-hydrogen) atoms. The first-order chi connectivity index (χ1) is 8.45. The van der Waals surface area contributed by atoms with Gasteiger partial charge in [-0.15, -0.1) is 0 Å². The second-order valence-corrected chi connectivity index (χ2v) is 4.75. The lowest BCUT2D eigenvalue weighted by Crippen LogP contribution is -2.20. The van der Waals surface area contributed by atoms with Crippen LogP contribution in [0.4, 0.5) is 13.2 Å². The number of alkyl halides is 3. The third kappa shape index (κ3) is 3.35. The molecule has 0 saturated carbocycles. The van der Waals surface area contributed by atoms with Gasteiger partial charge in [-0.05, 0) is 43.4 Å². The number of allylic oxidation sites excluding steroid dienone is 1. The van der Waals surface area contributed by atoms with Crippen LogP contribution in [0.1, 0.15) is 30.4 Å². The lowest BCUT2D eigenvalue weighted by Gasteiger charge is -2.18. The maximum Gasteiger partial charge on any atom is 0.416 e. The molecule has 0 bridgehead atoms. The summed E-state index contributed by atoms with van der Waals surface area (Å²) in [6, 6.07) is 5.47. The summed E-state index contributed by atoms with van der Waals surface area (Å²) in [4.78, 5) is 0. The van der Waals surface area contributed by atoms with Gasteiger partial charge in [0.1, 0.15) is 0 Å². The Morgan fingerprint density at radius 2 is 1.83 bits per heavy atom. The second kappa shape index (κ2) is 5.14. The molecule has 0 radical (unpaired) electrons. The Balaban J connectivity index is 2.07. The largest absolute Gasteiger partial charge is 0.416 e. The molecule has 0 amide bonds. The minimum atomic E-state index is -4.26. The molecule has 0 aromatic heterocycles. The molecule has 0 heterocycles. The monoisotopic (exact) mass is 255 g/mol. The van der Waals surface area contributed by atoms with E-state index in [9.17, 15) is 13.2 Å². The van der Waals surface area contributed by atoms with E-state index in [-0.39, 0.29) is 6.04 Å². The lowest BCUT2D eigenvalue weighted by atomic mass is 9.91. The Morgan fingerprint density at radius 3 is 2.39 bits per heavy atom. The standard InChI is InChI=1S/C14H16F3N/c15-14(16,17)12-6-4-10(5-7-12)8-11-2-1-3-13(18)9-11/h4-7,9,13H,1-3,8,18H2. The number of benzene rings is 1. The molecule has 1 aromatic rings. The van der Waals surface area contributed by atoms with Gasteiger partial charge in [0.25, 0.3) is 0 Å². The van der Waals surface area contributed by atoms with Gasteiger partial charge >= 0.3 is 6.18 Å². The first kappa shape index (κ1) is 13.1. The van der Waals surface area contributed by atoms with Crippen LogP contribution in [0.2, 0.25) is 0 Å². The minimum absolute atomic E-state index is 0.100. The normalized spacial score (nSPS) is 20.7. The Morgan fingerprint density at radius 1 is 1.17 bits per heavy atom. The average Bonchev–Trinajstić information content (AvgIpc) is 2.28. The molecular weight excluding hydrogens is 239 g/mol. The van der Waals surface area contributed by atoms with Gasteiger partial charge in [0, 0.05) is 6.04 Å². The van der Waals surface area contributed by atoms with E-state index in [1.807, 2.05) is 6.08 Å². The zero-order valence-electron chi connectivity index (χ0n) is 10.0. The number of rotatable bonds is 2. The molecule has 2 N–H and O–H groups in total. The molecule has 0 spiro atoms. The zero-order valence-corrected chi connectivity index (χ0v) is 10.0. The van der Waals surface area contributed by atoms with E-state index in [2.05, 4.69) is 0 Å². The molecular formula is C14H16F3N. The maximum atomic E-state index is 12.4. The van der Waals surface area contributed by atoms with Crippen molar-refractivity contribution in [2.75, 3.05) is 0 Å².